The minimum atomic E-state index is -0.846. The molecule has 1 aromatic heterocycles. The van der Waals surface area contributed by atoms with E-state index in [4.69, 9.17) is 39.2 Å². The van der Waals surface area contributed by atoms with Crippen LogP contribution in [0.5, 0.6) is 0 Å². The molecular weight excluding hydrogens is 453 g/mol. The number of rotatable bonds is 5. The lowest BCUT2D eigenvalue weighted by atomic mass is 10.2. The van der Waals surface area contributed by atoms with Crippen LogP contribution in [-0.2, 0) is 4.79 Å². The molecule has 0 spiro atoms. The predicted octanol–water partition coefficient (Wildman–Crippen LogP) is 6.36. The van der Waals surface area contributed by atoms with Gasteiger partial charge in [0, 0.05) is 22.7 Å². The van der Waals surface area contributed by atoms with Gasteiger partial charge in [-0.2, -0.15) is 5.26 Å². The first-order chi connectivity index (χ1) is 14.3. The van der Waals surface area contributed by atoms with Crippen molar-refractivity contribution in [2.24, 2.45) is 0 Å². The van der Waals surface area contributed by atoms with Gasteiger partial charge in [0.15, 0.2) is 0 Å². The molecule has 0 aliphatic rings. The summed E-state index contributed by atoms with van der Waals surface area (Å²) in [5.41, 5.74) is -0.272. The lowest BCUT2D eigenvalue weighted by Crippen LogP contribution is -2.14. The molecule has 0 unspecified atom stereocenters. The van der Waals surface area contributed by atoms with Crippen LogP contribution in [0.2, 0.25) is 15.1 Å². The molecule has 0 atom stereocenters. The topological polar surface area (TPSA) is 109 Å². The van der Waals surface area contributed by atoms with Crippen molar-refractivity contribution in [3.63, 3.8) is 0 Å². The van der Waals surface area contributed by atoms with Gasteiger partial charge in [0.25, 0.3) is 11.6 Å². The Bertz CT molecular complexity index is 1230. The van der Waals surface area contributed by atoms with Gasteiger partial charge in [-0.3, -0.25) is 14.9 Å². The van der Waals surface area contributed by atoms with Crippen LogP contribution in [0.1, 0.15) is 5.76 Å². The zero-order valence-electron chi connectivity index (χ0n) is 14.9. The summed E-state index contributed by atoms with van der Waals surface area (Å²) in [6.07, 6.45) is 1.21. The number of anilines is 1. The summed E-state index contributed by atoms with van der Waals surface area (Å²) in [4.78, 5) is 22.9. The molecule has 2 aromatic carbocycles. The second kappa shape index (κ2) is 9.01. The van der Waals surface area contributed by atoms with Crippen LogP contribution in [-0.4, -0.2) is 10.8 Å². The first-order valence-corrected chi connectivity index (χ1v) is 9.35. The minimum absolute atomic E-state index is 0.0959. The number of furan rings is 1. The lowest BCUT2D eigenvalue weighted by Gasteiger charge is -2.05. The Morgan fingerprint density at radius 3 is 2.63 bits per heavy atom. The maximum Gasteiger partial charge on any atom is 0.294 e. The minimum Gasteiger partial charge on any atom is -0.457 e. The van der Waals surface area contributed by atoms with E-state index in [9.17, 15) is 20.2 Å². The van der Waals surface area contributed by atoms with E-state index < -0.39 is 16.5 Å². The third-order valence-corrected chi connectivity index (χ3v) is 4.95. The van der Waals surface area contributed by atoms with Gasteiger partial charge < -0.3 is 9.73 Å². The van der Waals surface area contributed by atoms with E-state index in [1.54, 1.807) is 36.4 Å². The van der Waals surface area contributed by atoms with Crippen molar-refractivity contribution in [1.82, 2.24) is 0 Å². The Morgan fingerprint density at radius 1 is 1.17 bits per heavy atom. The van der Waals surface area contributed by atoms with Gasteiger partial charge in [-0.05, 0) is 36.4 Å². The summed E-state index contributed by atoms with van der Waals surface area (Å²) in [6, 6.07) is 13.7. The standard InChI is InChI=1S/C20H10Cl3N3O4/c21-12-4-6-16(17(9-12)26(28)29)25-20(27)11(10-24)8-13-5-7-18(30-13)14-2-1-3-15(22)19(14)23/h1-9H,(H,25,27)/b11-8+. The monoisotopic (exact) mass is 461 g/mol. The predicted molar refractivity (Wildman–Crippen MR) is 114 cm³/mol. The second-order valence-electron chi connectivity index (χ2n) is 5.85. The maximum atomic E-state index is 12.4. The number of hydrogen-bond donors (Lipinski definition) is 1. The Balaban J connectivity index is 1.88. The quantitative estimate of drug-likeness (QED) is 0.205. The van der Waals surface area contributed by atoms with Gasteiger partial charge in [-0.25, -0.2) is 0 Å². The number of carbonyl (C=O) groups excluding carboxylic acids is 1. The van der Waals surface area contributed by atoms with Crippen molar-refractivity contribution in [3.8, 4) is 17.4 Å². The summed E-state index contributed by atoms with van der Waals surface area (Å²) in [7, 11) is 0. The molecule has 150 valence electrons. The Kier molecular flexibility index (Phi) is 6.43. The normalized spacial score (nSPS) is 11.1. The molecule has 0 aliphatic heterocycles. The van der Waals surface area contributed by atoms with Crippen molar-refractivity contribution in [3.05, 3.63) is 85.0 Å². The van der Waals surface area contributed by atoms with E-state index in [1.165, 1.54) is 18.2 Å². The van der Waals surface area contributed by atoms with Gasteiger partial charge in [-0.1, -0.05) is 40.9 Å². The number of hydrogen-bond acceptors (Lipinski definition) is 5. The number of benzene rings is 2. The third-order valence-electron chi connectivity index (χ3n) is 3.90. The Hall–Kier alpha value is -3.31. The van der Waals surface area contributed by atoms with E-state index in [0.29, 0.717) is 21.4 Å². The Morgan fingerprint density at radius 2 is 1.93 bits per heavy atom. The summed E-state index contributed by atoms with van der Waals surface area (Å²) >= 11 is 17.9. The number of nitrogens with zero attached hydrogens (tertiary/aromatic N) is 2. The second-order valence-corrected chi connectivity index (χ2v) is 7.07. The molecule has 0 saturated heterocycles. The third kappa shape index (κ3) is 4.63. The summed E-state index contributed by atoms with van der Waals surface area (Å²) in [5, 5.41) is 23.6. The molecule has 0 bridgehead atoms. The fraction of sp³-hybridized carbons (Fsp3) is 0. The molecule has 7 nitrogen and oxygen atoms in total. The first-order valence-electron chi connectivity index (χ1n) is 8.21. The highest BCUT2D eigenvalue weighted by molar-refractivity contribution is 6.43. The van der Waals surface area contributed by atoms with Crippen LogP contribution in [0.15, 0.2) is 58.5 Å². The molecule has 30 heavy (non-hydrogen) atoms. The highest BCUT2D eigenvalue weighted by Crippen LogP contribution is 2.34. The number of amides is 1. The zero-order chi connectivity index (χ0) is 21.8. The van der Waals surface area contributed by atoms with Gasteiger partial charge >= 0.3 is 0 Å². The van der Waals surface area contributed by atoms with Gasteiger partial charge in [0.1, 0.15) is 28.9 Å². The number of nitro groups is 1. The van der Waals surface area contributed by atoms with Crippen LogP contribution >= 0.6 is 34.8 Å². The average Bonchev–Trinajstić information content (AvgIpc) is 3.17. The van der Waals surface area contributed by atoms with Crippen LogP contribution in [0.4, 0.5) is 11.4 Å². The first kappa shape index (κ1) is 21.4. The molecule has 1 heterocycles. The van der Waals surface area contributed by atoms with Gasteiger partial charge in [-0.15, -0.1) is 0 Å². The fourth-order valence-corrected chi connectivity index (χ4v) is 3.07. The van der Waals surface area contributed by atoms with Crippen LogP contribution in [0.25, 0.3) is 17.4 Å². The van der Waals surface area contributed by atoms with Crippen LogP contribution in [0, 0.1) is 21.4 Å². The molecule has 0 radical (unpaired) electrons. The van der Waals surface area contributed by atoms with E-state index >= 15 is 0 Å². The van der Waals surface area contributed by atoms with Crippen molar-refractivity contribution in [1.29, 1.82) is 5.26 Å². The van der Waals surface area contributed by atoms with E-state index in [0.717, 1.165) is 6.07 Å². The number of nitrogens with one attached hydrogen (secondary N) is 1. The number of halogens is 3. The fourth-order valence-electron chi connectivity index (χ4n) is 2.51. The molecular formula is C20H10Cl3N3O4. The SMILES string of the molecule is N#C/C(=C\c1ccc(-c2cccc(Cl)c2Cl)o1)C(=O)Nc1ccc(Cl)cc1[N+](=O)[O-]. The van der Waals surface area contributed by atoms with Gasteiger partial charge in [0.05, 0.1) is 15.0 Å². The summed E-state index contributed by atoms with van der Waals surface area (Å²) in [6.45, 7) is 0. The highest BCUT2D eigenvalue weighted by atomic mass is 35.5. The van der Waals surface area contributed by atoms with Crippen LogP contribution in [0.3, 0.4) is 0 Å². The molecule has 1 amide bonds. The summed E-state index contributed by atoms with van der Waals surface area (Å²) in [5.74, 6) is -0.250. The number of nitriles is 1. The summed E-state index contributed by atoms with van der Waals surface area (Å²) < 4.78 is 5.64. The lowest BCUT2D eigenvalue weighted by molar-refractivity contribution is -0.383. The van der Waals surface area contributed by atoms with E-state index in [2.05, 4.69) is 5.32 Å². The molecule has 0 fully saturated rings. The molecule has 1 N–H and O–H groups in total. The van der Waals surface area contributed by atoms with Crippen molar-refractivity contribution in [2.45, 2.75) is 0 Å². The Labute approximate surface area is 185 Å². The number of nitro benzene ring substituents is 1. The largest absolute Gasteiger partial charge is 0.457 e. The molecule has 0 saturated carbocycles. The van der Waals surface area contributed by atoms with Crippen molar-refractivity contribution in [2.75, 3.05) is 5.32 Å². The molecule has 3 rings (SSSR count). The smallest absolute Gasteiger partial charge is 0.294 e. The molecule has 10 heteroatoms. The van der Waals surface area contributed by atoms with E-state index in [-0.39, 0.29) is 22.0 Å². The van der Waals surface area contributed by atoms with Crippen molar-refractivity contribution < 1.29 is 14.1 Å². The van der Waals surface area contributed by atoms with Gasteiger partial charge in [0.2, 0.25) is 0 Å². The van der Waals surface area contributed by atoms with E-state index in [1.807, 2.05) is 0 Å². The molecule has 3 aromatic rings. The highest BCUT2D eigenvalue weighted by Gasteiger charge is 2.19. The maximum absolute atomic E-state index is 12.4. The van der Waals surface area contributed by atoms with Crippen molar-refractivity contribution >= 4 is 58.2 Å². The zero-order valence-corrected chi connectivity index (χ0v) is 17.1. The average molecular weight is 463 g/mol. The van der Waals surface area contributed by atoms with Crippen LogP contribution < -0.4 is 5.32 Å². The number of carbonyl (C=O) groups is 1. The molecule has 0 aliphatic carbocycles.